The molecule has 2 aromatic rings. The molecular weight excluding hydrogens is 230 g/mol. The van der Waals surface area contributed by atoms with Gasteiger partial charge >= 0.3 is 0 Å². The van der Waals surface area contributed by atoms with Crippen molar-refractivity contribution in [2.24, 2.45) is 0 Å². The Morgan fingerprint density at radius 2 is 1.72 bits per heavy atom. The number of nitrogens with one attached hydrogen (secondary N) is 1. The van der Waals surface area contributed by atoms with Gasteiger partial charge < -0.3 is 19.2 Å². The van der Waals surface area contributed by atoms with Crippen LogP contribution in [0.2, 0.25) is 0 Å². The summed E-state index contributed by atoms with van der Waals surface area (Å²) in [5, 5.41) is 3.05. The third kappa shape index (κ3) is 2.33. The first-order valence-electron chi connectivity index (χ1n) is 5.74. The molecule has 0 bridgehead atoms. The second-order valence-corrected chi connectivity index (χ2v) is 3.83. The molecule has 0 atom stereocenters. The first-order chi connectivity index (χ1) is 8.80. The molecule has 0 radical (unpaired) electrons. The van der Waals surface area contributed by atoms with E-state index in [2.05, 4.69) is 5.32 Å². The summed E-state index contributed by atoms with van der Waals surface area (Å²) in [7, 11) is 5.15. The molecule has 0 spiro atoms. The highest BCUT2D eigenvalue weighted by Crippen LogP contribution is 2.38. The average molecular weight is 247 g/mol. The van der Waals surface area contributed by atoms with E-state index in [1.54, 1.807) is 14.2 Å². The highest BCUT2D eigenvalue weighted by molar-refractivity contribution is 5.73. The third-order valence-electron chi connectivity index (χ3n) is 2.69. The Morgan fingerprint density at radius 1 is 1.06 bits per heavy atom. The van der Waals surface area contributed by atoms with Crippen molar-refractivity contribution in [3.8, 4) is 22.8 Å². The Kier molecular flexibility index (Phi) is 3.89. The molecule has 0 saturated heterocycles. The molecular formula is C14H17NO3. The summed E-state index contributed by atoms with van der Waals surface area (Å²) in [6.07, 6.45) is 0. The van der Waals surface area contributed by atoms with E-state index in [1.807, 2.05) is 37.4 Å². The van der Waals surface area contributed by atoms with Crippen LogP contribution in [0.15, 0.2) is 34.7 Å². The van der Waals surface area contributed by atoms with E-state index in [0.717, 1.165) is 28.6 Å². The van der Waals surface area contributed by atoms with Crippen molar-refractivity contribution < 1.29 is 13.9 Å². The third-order valence-corrected chi connectivity index (χ3v) is 2.69. The van der Waals surface area contributed by atoms with E-state index < -0.39 is 0 Å². The van der Waals surface area contributed by atoms with E-state index in [1.165, 1.54) is 0 Å². The lowest BCUT2D eigenvalue weighted by Crippen LogP contribution is -2.03. The van der Waals surface area contributed by atoms with E-state index in [9.17, 15) is 0 Å². The molecule has 4 nitrogen and oxygen atoms in total. The number of ether oxygens (including phenoxy) is 2. The quantitative estimate of drug-likeness (QED) is 0.882. The minimum absolute atomic E-state index is 0.692. The molecule has 2 rings (SSSR count). The summed E-state index contributed by atoms with van der Waals surface area (Å²) in [6, 6.07) is 9.53. The van der Waals surface area contributed by atoms with E-state index in [-0.39, 0.29) is 0 Å². The zero-order valence-electron chi connectivity index (χ0n) is 10.8. The molecule has 96 valence electrons. The molecule has 1 aromatic carbocycles. The Balaban J connectivity index is 2.47. The monoisotopic (exact) mass is 247 g/mol. The molecule has 0 aliphatic heterocycles. The topological polar surface area (TPSA) is 43.6 Å². The van der Waals surface area contributed by atoms with Crippen molar-refractivity contribution in [2.75, 3.05) is 21.3 Å². The maximum absolute atomic E-state index is 5.77. The molecule has 0 aliphatic rings. The van der Waals surface area contributed by atoms with Gasteiger partial charge in [-0.2, -0.15) is 0 Å². The Labute approximate surface area is 107 Å². The van der Waals surface area contributed by atoms with Crippen LogP contribution in [-0.4, -0.2) is 21.3 Å². The molecule has 0 aliphatic carbocycles. The van der Waals surface area contributed by atoms with Gasteiger partial charge in [-0.1, -0.05) is 6.07 Å². The zero-order chi connectivity index (χ0) is 13.0. The van der Waals surface area contributed by atoms with Gasteiger partial charge in [0.1, 0.15) is 28.6 Å². The largest absolute Gasteiger partial charge is 0.496 e. The Hall–Kier alpha value is -1.94. The first-order valence-corrected chi connectivity index (χ1v) is 5.74. The normalized spacial score (nSPS) is 10.4. The standard InChI is InChI=1S/C14H17NO3/c1-15-9-10-7-8-13(18-10)14-11(16-2)5-4-6-12(14)17-3/h4-8,15H,9H2,1-3H3. The predicted octanol–water partition coefficient (Wildman–Crippen LogP) is 2.68. The summed E-state index contributed by atoms with van der Waals surface area (Å²) in [5.74, 6) is 3.09. The number of benzene rings is 1. The van der Waals surface area contributed by atoms with Crippen molar-refractivity contribution in [2.45, 2.75) is 6.54 Å². The van der Waals surface area contributed by atoms with Crippen LogP contribution in [0.5, 0.6) is 11.5 Å². The van der Waals surface area contributed by atoms with Crippen LogP contribution >= 0.6 is 0 Å². The van der Waals surface area contributed by atoms with Crippen molar-refractivity contribution >= 4 is 0 Å². The molecule has 1 N–H and O–H groups in total. The molecule has 0 saturated carbocycles. The molecule has 4 heteroatoms. The summed E-state index contributed by atoms with van der Waals surface area (Å²) in [5.41, 5.74) is 0.838. The lowest BCUT2D eigenvalue weighted by Gasteiger charge is -2.10. The van der Waals surface area contributed by atoms with Gasteiger partial charge in [0.2, 0.25) is 0 Å². The van der Waals surface area contributed by atoms with Gasteiger partial charge in [-0.05, 0) is 31.3 Å². The summed E-state index contributed by atoms with van der Waals surface area (Å²) < 4.78 is 16.5. The van der Waals surface area contributed by atoms with Crippen LogP contribution < -0.4 is 14.8 Å². The summed E-state index contributed by atoms with van der Waals surface area (Å²) >= 11 is 0. The van der Waals surface area contributed by atoms with E-state index >= 15 is 0 Å². The van der Waals surface area contributed by atoms with Crippen LogP contribution in [-0.2, 0) is 6.54 Å². The second-order valence-electron chi connectivity index (χ2n) is 3.83. The molecule has 1 heterocycles. The highest BCUT2D eigenvalue weighted by Gasteiger charge is 2.15. The van der Waals surface area contributed by atoms with Crippen molar-refractivity contribution in [1.29, 1.82) is 0 Å². The molecule has 0 amide bonds. The predicted molar refractivity (Wildman–Crippen MR) is 70.0 cm³/mol. The van der Waals surface area contributed by atoms with Crippen LogP contribution in [0.25, 0.3) is 11.3 Å². The van der Waals surface area contributed by atoms with Crippen molar-refractivity contribution in [3.63, 3.8) is 0 Å². The van der Waals surface area contributed by atoms with Crippen molar-refractivity contribution in [1.82, 2.24) is 5.32 Å². The van der Waals surface area contributed by atoms with E-state index in [0.29, 0.717) is 6.54 Å². The second kappa shape index (κ2) is 5.60. The lowest BCUT2D eigenvalue weighted by molar-refractivity contribution is 0.393. The maximum atomic E-state index is 5.77. The Morgan fingerprint density at radius 3 is 2.28 bits per heavy atom. The highest BCUT2D eigenvalue weighted by atomic mass is 16.5. The lowest BCUT2D eigenvalue weighted by atomic mass is 10.1. The fourth-order valence-corrected chi connectivity index (χ4v) is 1.88. The Bertz CT molecular complexity index is 497. The average Bonchev–Trinajstić information content (AvgIpc) is 2.86. The SMILES string of the molecule is CNCc1ccc(-c2c(OC)cccc2OC)o1. The van der Waals surface area contributed by atoms with Gasteiger partial charge in [0.25, 0.3) is 0 Å². The van der Waals surface area contributed by atoms with Crippen LogP contribution in [0.1, 0.15) is 5.76 Å². The van der Waals surface area contributed by atoms with Gasteiger partial charge in [0.15, 0.2) is 0 Å². The number of hydrogen-bond acceptors (Lipinski definition) is 4. The van der Waals surface area contributed by atoms with Gasteiger partial charge in [-0.25, -0.2) is 0 Å². The maximum Gasteiger partial charge on any atom is 0.141 e. The minimum Gasteiger partial charge on any atom is -0.496 e. The van der Waals surface area contributed by atoms with Gasteiger partial charge in [0.05, 0.1) is 20.8 Å². The number of methoxy groups -OCH3 is 2. The van der Waals surface area contributed by atoms with Crippen molar-refractivity contribution in [3.05, 3.63) is 36.1 Å². The zero-order valence-corrected chi connectivity index (χ0v) is 10.8. The molecule has 0 fully saturated rings. The fourth-order valence-electron chi connectivity index (χ4n) is 1.88. The summed E-state index contributed by atoms with van der Waals surface area (Å²) in [4.78, 5) is 0. The number of hydrogen-bond donors (Lipinski definition) is 1. The number of rotatable bonds is 5. The summed E-state index contributed by atoms with van der Waals surface area (Å²) in [6.45, 7) is 0.692. The van der Waals surface area contributed by atoms with Crippen LogP contribution in [0.3, 0.4) is 0 Å². The molecule has 18 heavy (non-hydrogen) atoms. The first kappa shape index (κ1) is 12.5. The van der Waals surface area contributed by atoms with E-state index in [4.69, 9.17) is 13.9 Å². The van der Waals surface area contributed by atoms with Gasteiger partial charge in [-0.3, -0.25) is 0 Å². The fraction of sp³-hybridized carbons (Fsp3) is 0.286. The van der Waals surface area contributed by atoms with Gasteiger partial charge in [0, 0.05) is 0 Å². The van der Waals surface area contributed by atoms with Gasteiger partial charge in [-0.15, -0.1) is 0 Å². The minimum atomic E-state index is 0.692. The number of furan rings is 1. The van der Waals surface area contributed by atoms with Crippen LogP contribution in [0.4, 0.5) is 0 Å². The van der Waals surface area contributed by atoms with Crippen LogP contribution in [0, 0.1) is 0 Å². The smallest absolute Gasteiger partial charge is 0.141 e. The molecule has 1 aromatic heterocycles. The molecule has 0 unspecified atom stereocenters.